The van der Waals surface area contributed by atoms with E-state index < -0.39 is 10.0 Å². The molecule has 0 unspecified atom stereocenters. The van der Waals surface area contributed by atoms with Crippen molar-refractivity contribution < 1.29 is 13.2 Å². The Bertz CT molecular complexity index is 852. The van der Waals surface area contributed by atoms with Crippen LogP contribution in [-0.4, -0.2) is 21.6 Å². The van der Waals surface area contributed by atoms with Crippen molar-refractivity contribution in [3.8, 4) is 17.6 Å². The molecule has 0 aromatic heterocycles. The zero-order valence-electron chi connectivity index (χ0n) is 14.0. The standard InChI is InChI=1S/C19H20BrNO3S/c1-2-6-16-9-11-19(12-10-16)25(22,23)21-13-3-4-14-24-18-8-5-7-17(20)15-18/h5,7-12,15,21H,2,6,13-14H2,1H3. The topological polar surface area (TPSA) is 55.4 Å². The highest BCUT2D eigenvalue weighted by molar-refractivity contribution is 9.10. The average Bonchev–Trinajstić information content (AvgIpc) is 2.59. The molecule has 132 valence electrons. The lowest BCUT2D eigenvalue weighted by molar-refractivity contribution is 0.370. The van der Waals surface area contributed by atoms with Gasteiger partial charge in [-0.15, -0.1) is 0 Å². The number of aryl methyl sites for hydroxylation is 1. The number of rotatable bonds is 7. The van der Waals surface area contributed by atoms with Crippen LogP contribution in [-0.2, 0) is 16.4 Å². The molecule has 0 heterocycles. The smallest absolute Gasteiger partial charge is 0.241 e. The molecule has 6 heteroatoms. The van der Waals surface area contributed by atoms with Gasteiger partial charge in [0.25, 0.3) is 0 Å². The van der Waals surface area contributed by atoms with Gasteiger partial charge in [-0.05, 0) is 42.3 Å². The van der Waals surface area contributed by atoms with Crippen LogP contribution in [0.5, 0.6) is 5.75 Å². The van der Waals surface area contributed by atoms with Crippen LogP contribution in [0.1, 0.15) is 18.9 Å². The minimum Gasteiger partial charge on any atom is -0.481 e. The van der Waals surface area contributed by atoms with E-state index in [9.17, 15) is 8.42 Å². The summed E-state index contributed by atoms with van der Waals surface area (Å²) >= 11 is 3.36. The molecule has 2 aromatic carbocycles. The first kappa shape index (κ1) is 19.5. The normalized spacial score (nSPS) is 10.8. The summed E-state index contributed by atoms with van der Waals surface area (Å²) in [4.78, 5) is 0.250. The van der Waals surface area contributed by atoms with Gasteiger partial charge in [-0.2, -0.15) is 4.72 Å². The van der Waals surface area contributed by atoms with Crippen LogP contribution in [0.15, 0.2) is 57.9 Å². The second-order valence-electron chi connectivity index (χ2n) is 5.32. The maximum atomic E-state index is 12.2. The Kier molecular flexibility index (Phi) is 7.51. The van der Waals surface area contributed by atoms with Crippen molar-refractivity contribution in [2.24, 2.45) is 0 Å². The number of ether oxygens (including phenoxy) is 1. The molecule has 0 radical (unpaired) electrons. The van der Waals surface area contributed by atoms with Gasteiger partial charge < -0.3 is 4.74 Å². The highest BCUT2D eigenvalue weighted by Crippen LogP contribution is 2.17. The Labute approximate surface area is 157 Å². The molecule has 0 aliphatic heterocycles. The third kappa shape index (κ3) is 6.54. The van der Waals surface area contributed by atoms with Crippen LogP contribution < -0.4 is 9.46 Å². The molecule has 0 saturated heterocycles. The van der Waals surface area contributed by atoms with Crippen molar-refractivity contribution in [2.45, 2.75) is 24.7 Å². The van der Waals surface area contributed by atoms with E-state index in [1.807, 2.05) is 36.4 Å². The molecule has 0 saturated carbocycles. The van der Waals surface area contributed by atoms with E-state index in [4.69, 9.17) is 4.74 Å². The van der Waals surface area contributed by atoms with Gasteiger partial charge >= 0.3 is 0 Å². The van der Waals surface area contributed by atoms with Crippen LogP contribution in [0.25, 0.3) is 0 Å². The Hall–Kier alpha value is -1.81. The monoisotopic (exact) mass is 421 g/mol. The Morgan fingerprint density at radius 2 is 1.88 bits per heavy atom. The van der Waals surface area contributed by atoms with E-state index in [2.05, 4.69) is 39.4 Å². The molecule has 2 rings (SSSR count). The number of sulfonamides is 1. The van der Waals surface area contributed by atoms with Crippen molar-refractivity contribution in [1.82, 2.24) is 4.72 Å². The Morgan fingerprint density at radius 3 is 2.56 bits per heavy atom. The summed E-state index contributed by atoms with van der Waals surface area (Å²) in [6, 6.07) is 14.4. The summed E-state index contributed by atoms with van der Waals surface area (Å²) in [7, 11) is -3.54. The predicted octanol–water partition coefficient (Wildman–Crippen LogP) is 3.76. The van der Waals surface area contributed by atoms with Gasteiger partial charge in [0.2, 0.25) is 10.0 Å². The lowest BCUT2D eigenvalue weighted by Crippen LogP contribution is -2.24. The molecule has 0 spiro atoms. The van der Waals surface area contributed by atoms with E-state index >= 15 is 0 Å². The van der Waals surface area contributed by atoms with Crippen molar-refractivity contribution in [3.63, 3.8) is 0 Å². The lowest BCUT2D eigenvalue weighted by Gasteiger charge is -2.05. The zero-order chi connectivity index (χ0) is 18.1. The lowest BCUT2D eigenvalue weighted by atomic mass is 10.1. The van der Waals surface area contributed by atoms with E-state index in [1.54, 1.807) is 12.1 Å². The Balaban J connectivity index is 1.82. The van der Waals surface area contributed by atoms with Crippen molar-refractivity contribution >= 4 is 26.0 Å². The van der Waals surface area contributed by atoms with E-state index in [-0.39, 0.29) is 18.0 Å². The highest BCUT2D eigenvalue weighted by Gasteiger charge is 2.12. The quantitative estimate of drug-likeness (QED) is 0.692. The number of nitrogens with one attached hydrogen (secondary N) is 1. The SMILES string of the molecule is CCCc1ccc(S(=O)(=O)NCC#CCOc2cccc(Br)c2)cc1. The third-order valence-electron chi connectivity index (χ3n) is 3.35. The fourth-order valence-corrected chi connectivity index (χ4v) is 3.43. The summed E-state index contributed by atoms with van der Waals surface area (Å²) < 4.78 is 33.2. The summed E-state index contributed by atoms with van der Waals surface area (Å²) in [5, 5.41) is 0. The maximum absolute atomic E-state index is 12.2. The molecule has 0 amide bonds. The van der Waals surface area contributed by atoms with Crippen LogP contribution >= 0.6 is 15.9 Å². The number of hydrogen-bond donors (Lipinski definition) is 1. The maximum Gasteiger partial charge on any atom is 0.241 e. The van der Waals surface area contributed by atoms with Gasteiger partial charge in [0.1, 0.15) is 12.4 Å². The fraction of sp³-hybridized carbons (Fsp3) is 0.263. The zero-order valence-corrected chi connectivity index (χ0v) is 16.4. The first-order valence-electron chi connectivity index (χ1n) is 7.94. The molecule has 0 aliphatic carbocycles. The van der Waals surface area contributed by atoms with Gasteiger partial charge in [0, 0.05) is 4.47 Å². The number of halogens is 1. The minimum atomic E-state index is -3.54. The molecule has 1 N–H and O–H groups in total. The predicted molar refractivity (Wildman–Crippen MR) is 103 cm³/mol. The molecule has 0 atom stereocenters. The second kappa shape index (κ2) is 9.62. The van der Waals surface area contributed by atoms with Crippen LogP contribution in [0, 0.1) is 11.8 Å². The second-order valence-corrected chi connectivity index (χ2v) is 8.00. The number of benzene rings is 2. The fourth-order valence-electron chi connectivity index (χ4n) is 2.13. The first-order chi connectivity index (χ1) is 12.0. The Morgan fingerprint density at radius 1 is 1.12 bits per heavy atom. The van der Waals surface area contributed by atoms with Gasteiger partial charge in [0.05, 0.1) is 11.4 Å². The molecule has 4 nitrogen and oxygen atoms in total. The highest BCUT2D eigenvalue weighted by atomic mass is 79.9. The molecule has 0 aliphatic rings. The minimum absolute atomic E-state index is 0.0425. The largest absolute Gasteiger partial charge is 0.481 e. The van der Waals surface area contributed by atoms with Crippen LogP contribution in [0.2, 0.25) is 0 Å². The van der Waals surface area contributed by atoms with E-state index in [0.29, 0.717) is 5.75 Å². The van der Waals surface area contributed by atoms with E-state index in [0.717, 1.165) is 22.9 Å². The van der Waals surface area contributed by atoms with Crippen molar-refractivity contribution in [2.75, 3.05) is 13.2 Å². The molecular formula is C19H20BrNO3S. The molecule has 25 heavy (non-hydrogen) atoms. The van der Waals surface area contributed by atoms with Gasteiger partial charge in [-0.3, -0.25) is 0 Å². The van der Waals surface area contributed by atoms with Gasteiger partial charge in [0.15, 0.2) is 0 Å². The molecule has 0 bridgehead atoms. The third-order valence-corrected chi connectivity index (χ3v) is 5.27. The van der Waals surface area contributed by atoms with Crippen molar-refractivity contribution in [3.05, 3.63) is 58.6 Å². The first-order valence-corrected chi connectivity index (χ1v) is 10.2. The van der Waals surface area contributed by atoms with Gasteiger partial charge in [-0.1, -0.05) is 59.3 Å². The van der Waals surface area contributed by atoms with Crippen molar-refractivity contribution in [1.29, 1.82) is 0 Å². The average molecular weight is 422 g/mol. The number of hydrogen-bond acceptors (Lipinski definition) is 3. The van der Waals surface area contributed by atoms with Crippen LogP contribution in [0.4, 0.5) is 0 Å². The molecular weight excluding hydrogens is 402 g/mol. The summed E-state index contributed by atoms with van der Waals surface area (Å²) in [6.07, 6.45) is 1.97. The van der Waals surface area contributed by atoms with Gasteiger partial charge in [-0.25, -0.2) is 8.42 Å². The molecule has 0 fully saturated rings. The van der Waals surface area contributed by atoms with E-state index in [1.165, 1.54) is 0 Å². The van der Waals surface area contributed by atoms with Crippen LogP contribution in [0.3, 0.4) is 0 Å². The summed E-state index contributed by atoms with van der Waals surface area (Å²) in [5.74, 6) is 6.24. The summed E-state index contributed by atoms with van der Waals surface area (Å²) in [5.41, 5.74) is 1.13. The molecule has 2 aromatic rings. The summed E-state index contributed by atoms with van der Waals surface area (Å²) in [6.45, 7) is 2.33.